The number of carboxylic acid groups (broad SMARTS) is 3. The third-order valence-electron chi connectivity index (χ3n) is 6.32. The van der Waals surface area contributed by atoms with Crippen molar-refractivity contribution in [2.75, 3.05) is 39.3 Å². The van der Waals surface area contributed by atoms with E-state index in [0.29, 0.717) is 26.1 Å². The van der Waals surface area contributed by atoms with Crippen LogP contribution >= 0.6 is 12.8 Å². The maximum absolute atomic E-state index is 12.3. The van der Waals surface area contributed by atoms with E-state index in [1.165, 1.54) is 4.31 Å². The van der Waals surface area contributed by atoms with E-state index in [-0.39, 0.29) is 37.5 Å². The summed E-state index contributed by atoms with van der Waals surface area (Å²) in [5.74, 6) is -3.45. The fourth-order valence-corrected chi connectivity index (χ4v) is 4.25. The zero-order valence-electron chi connectivity index (χ0n) is 20.0. The molecule has 12 heteroatoms. The molecule has 1 aliphatic heterocycles. The van der Waals surface area contributed by atoms with Crippen LogP contribution in [-0.2, 0) is 19.2 Å². The predicted molar refractivity (Wildman–Crippen MR) is 125 cm³/mol. The fraction of sp³-hybridized carbons (Fsp3) is 0.810. The minimum atomic E-state index is -1.03. The second-order valence-corrected chi connectivity index (χ2v) is 9.35. The zero-order valence-corrected chi connectivity index (χ0v) is 20.9. The van der Waals surface area contributed by atoms with Crippen LogP contribution in [0.2, 0.25) is 0 Å². The molecule has 11 nitrogen and oxygen atoms in total. The van der Waals surface area contributed by atoms with Gasteiger partial charge in [0, 0.05) is 51.2 Å². The minimum Gasteiger partial charge on any atom is -0.480 e. The van der Waals surface area contributed by atoms with E-state index >= 15 is 0 Å². The summed E-state index contributed by atoms with van der Waals surface area (Å²) >= 11 is 4.28. The highest BCUT2D eigenvalue weighted by Gasteiger charge is 2.35. The Bertz CT molecular complexity index is 708. The van der Waals surface area contributed by atoms with Gasteiger partial charge in [-0.05, 0) is 27.2 Å². The lowest BCUT2D eigenvalue weighted by molar-refractivity contribution is -0.146. The normalized spacial score (nSPS) is 22.0. The van der Waals surface area contributed by atoms with Crippen LogP contribution < -0.4 is 0 Å². The molecule has 0 spiro atoms. The lowest BCUT2D eigenvalue weighted by atomic mass is 10.1. The van der Waals surface area contributed by atoms with Crippen molar-refractivity contribution in [3.63, 3.8) is 0 Å². The van der Waals surface area contributed by atoms with E-state index in [1.807, 2.05) is 0 Å². The molecule has 190 valence electrons. The topological polar surface area (TPSA) is 142 Å². The van der Waals surface area contributed by atoms with E-state index in [2.05, 4.69) is 12.8 Å². The molecular formula is C21H38N4O7S. The van der Waals surface area contributed by atoms with Crippen molar-refractivity contribution in [3.8, 4) is 0 Å². The van der Waals surface area contributed by atoms with Gasteiger partial charge in [-0.25, -0.2) is 0 Å². The number of carbonyl (C=O) groups excluding carboxylic acids is 1. The van der Waals surface area contributed by atoms with Crippen molar-refractivity contribution in [3.05, 3.63) is 0 Å². The molecule has 1 heterocycles. The number of hydrogen-bond acceptors (Lipinski definition) is 8. The molecule has 3 N–H and O–H groups in total. The molecule has 1 aliphatic rings. The number of nitrogens with zero attached hydrogens (tertiary/aromatic N) is 4. The SMILES string of the molecule is CC(C)C(=O)N(S)CCC1CN(C(C)C(=O)O)CCN(C(C)C(=O)O)CCN1C(C)C(=O)O. The molecule has 0 aromatic carbocycles. The first-order valence-corrected chi connectivity index (χ1v) is 11.6. The van der Waals surface area contributed by atoms with Gasteiger partial charge in [0.05, 0.1) is 0 Å². The second-order valence-electron chi connectivity index (χ2n) is 8.87. The van der Waals surface area contributed by atoms with Gasteiger partial charge in [-0.1, -0.05) is 26.7 Å². The Kier molecular flexibility index (Phi) is 11.6. The van der Waals surface area contributed by atoms with E-state index in [4.69, 9.17) is 0 Å². The lowest BCUT2D eigenvalue weighted by Crippen LogP contribution is -2.54. The number of carbonyl (C=O) groups is 4. The van der Waals surface area contributed by atoms with E-state index in [0.717, 1.165) is 0 Å². The van der Waals surface area contributed by atoms with Crippen molar-refractivity contribution in [1.82, 2.24) is 19.0 Å². The number of amides is 1. The molecule has 1 rings (SSSR count). The largest absolute Gasteiger partial charge is 0.480 e. The molecule has 0 bridgehead atoms. The summed E-state index contributed by atoms with van der Waals surface area (Å²) in [5, 5.41) is 28.8. The van der Waals surface area contributed by atoms with Crippen LogP contribution in [0.4, 0.5) is 0 Å². The summed E-state index contributed by atoms with van der Waals surface area (Å²) < 4.78 is 1.31. The highest BCUT2D eigenvalue weighted by atomic mass is 32.1. The first kappa shape index (κ1) is 29.1. The maximum Gasteiger partial charge on any atom is 0.320 e. The summed E-state index contributed by atoms with van der Waals surface area (Å²) in [6.07, 6.45) is 0.386. The Morgan fingerprint density at radius 1 is 0.818 bits per heavy atom. The van der Waals surface area contributed by atoms with Gasteiger partial charge < -0.3 is 15.3 Å². The van der Waals surface area contributed by atoms with Crippen molar-refractivity contribution in [2.24, 2.45) is 5.92 Å². The van der Waals surface area contributed by atoms with E-state index in [1.54, 1.807) is 49.3 Å². The zero-order chi connectivity index (χ0) is 25.5. The van der Waals surface area contributed by atoms with Crippen LogP contribution in [0.3, 0.4) is 0 Å². The van der Waals surface area contributed by atoms with Crippen LogP contribution in [0.1, 0.15) is 41.0 Å². The molecule has 1 fully saturated rings. The first-order chi connectivity index (χ1) is 15.3. The van der Waals surface area contributed by atoms with Gasteiger partial charge in [-0.2, -0.15) is 0 Å². The molecule has 33 heavy (non-hydrogen) atoms. The molecule has 4 atom stereocenters. The van der Waals surface area contributed by atoms with Crippen molar-refractivity contribution in [1.29, 1.82) is 0 Å². The van der Waals surface area contributed by atoms with Gasteiger partial charge in [0.15, 0.2) is 0 Å². The Hall–Kier alpha value is -1.89. The highest BCUT2D eigenvalue weighted by Crippen LogP contribution is 2.18. The van der Waals surface area contributed by atoms with Gasteiger partial charge in [-0.15, -0.1) is 0 Å². The first-order valence-electron chi connectivity index (χ1n) is 11.2. The summed E-state index contributed by atoms with van der Waals surface area (Å²) in [7, 11) is 0. The van der Waals surface area contributed by atoms with Crippen LogP contribution in [0, 0.1) is 5.92 Å². The smallest absolute Gasteiger partial charge is 0.320 e. The van der Waals surface area contributed by atoms with Crippen molar-refractivity contribution < 1.29 is 34.5 Å². The molecule has 1 amide bonds. The van der Waals surface area contributed by atoms with Gasteiger partial charge in [0.2, 0.25) is 5.91 Å². The Morgan fingerprint density at radius 2 is 1.27 bits per heavy atom. The molecule has 0 saturated carbocycles. The molecule has 0 aromatic rings. The quantitative estimate of drug-likeness (QED) is 0.318. The third-order valence-corrected chi connectivity index (χ3v) is 6.72. The minimum absolute atomic E-state index is 0.156. The average Bonchev–Trinajstić information content (AvgIpc) is 2.83. The van der Waals surface area contributed by atoms with Crippen LogP contribution in [0.5, 0.6) is 0 Å². The number of thiol groups is 1. The molecule has 4 unspecified atom stereocenters. The molecular weight excluding hydrogens is 452 g/mol. The number of hydrogen-bond donors (Lipinski definition) is 4. The monoisotopic (exact) mass is 490 g/mol. The van der Waals surface area contributed by atoms with Crippen LogP contribution in [0.15, 0.2) is 0 Å². The van der Waals surface area contributed by atoms with Crippen molar-refractivity contribution >= 4 is 36.6 Å². The Morgan fingerprint density at radius 3 is 1.76 bits per heavy atom. The van der Waals surface area contributed by atoms with Gasteiger partial charge in [-0.3, -0.25) is 38.2 Å². The van der Waals surface area contributed by atoms with Gasteiger partial charge in [0.1, 0.15) is 18.1 Å². The third kappa shape index (κ3) is 8.43. The van der Waals surface area contributed by atoms with E-state index < -0.39 is 36.0 Å². The Balaban J connectivity index is 3.28. The van der Waals surface area contributed by atoms with Crippen LogP contribution in [0.25, 0.3) is 0 Å². The second kappa shape index (κ2) is 13.1. The molecule has 0 aliphatic carbocycles. The number of rotatable bonds is 10. The van der Waals surface area contributed by atoms with Gasteiger partial charge in [0.25, 0.3) is 0 Å². The fourth-order valence-electron chi connectivity index (χ4n) is 3.90. The van der Waals surface area contributed by atoms with Crippen molar-refractivity contribution in [2.45, 2.75) is 65.2 Å². The molecule has 1 saturated heterocycles. The standard InChI is InChI=1S/C21H38N4O7S/c1-13(2)18(26)25(33)7-6-17-12-23(15(4)20(29)30)9-8-22(14(3)19(27)28)10-11-24(17)16(5)21(31)32/h13-17,33H,6-12H2,1-5H3,(H,27,28)(H,29,30)(H,31,32). The summed E-state index contributed by atoms with van der Waals surface area (Å²) in [5.41, 5.74) is 0. The average molecular weight is 491 g/mol. The summed E-state index contributed by atoms with van der Waals surface area (Å²) in [6.45, 7) is 9.96. The summed E-state index contributed by atoms with van der Waals surface area (Å²) in [4.78, 5) is 52.7. The highest BCUT2D eigenvalue weighted by molar-refractivity contribution is 7.78. The van der Waals surface area contributed by atoms with Gasteiger partial charge >= 0.3 is 17.9 Å². The number of aliphatic carboxylic acids is 3. The molecule has 0 radical (unpaired) electrons. The predicted octanol–water partition coefficient (Wildman–Crippen LogP) is 0.413. The summed E-state index contributed by atoms with van der Waals surface area (Å²) in [6, 6.07) is -2.92. The molecule has 0 aromatic heterocycles. The maximum atomic E-state index is 12.3. The lowest BCUT2D eigenvalue weighted by Gasteiger charge is -2.38. The van der Waals surface area contributed by atoms with E-state index in [9.17, 15) is 34.5 Å². The number of carboxylic acids is 3. The Labute approximate surface area is 200 Å². The van der Waals surface area contributed by atoms with Crippen LogP contribution in [-0.4, -0.2) is 122 Å².